The maximum atomic E-state index is 12.4. The zero-order chi connectivity index (χ0) is 15.5. The number of carbonyl (C=O) groups excluding carboxylic acids is 1. The van der Waals surface area contributed by atoms with E-state index in [1.165, 1.54) is 0 Å². The predicted octanol–water partition coefficient (Wildman–Crippen LogP) is 1.02. The van der Waals surface area contributed by atoms with E-state index in [-0.39, 0.29) is 17.9 Å². The predicted molar refractivity (Wildman–Crippen MR) is 79.2 cm³/mol. The molecule has 1 unspecified atom stereocenters. The van der Waals surface area contributed by atoms with Gasteiger partial charge < -0.3 is 14.2 Å². The van der Waals surface area contributed by atoms with Crippen molar-refractivity contribution in [2.75, 3.05) is 32.8 Å². The zero-order valence-corrected chi connectivity index (χ0v) is 13.3. The Kier molecular flexibility index (Phi) is 4.73. The first kappa shape index (κ1) is 15.4. The second kappa shape index (κ2) is 6.75. The van der Waals surface area contributed by atoms with Crippen LogP contribution in [0.5, 0.6) is 0 Å². The summed E-state index contributed by atoms with van der Waals surface area (Å²) in [5.74, 6) is 1.72. The number of hydrogen-bond donors (Lipinski definition) is 0. The van der Waals surface area contributed by atoms with E-state index in [0.717, 1.165) is 38.3 Å². The summed E-state index contributed by atoms with van der Waals surface area (Å²) in [6, 6.07) is 0. The summed E-state index contributed by atoms with van der Waals surface area (Å²) >= 11 is 0. The molecule has 122 valence electrons. The van der Waals surface area contributed by atoms with Gasteiger partial charge in [0, 0.05) is 32.1 Å². The molecule has 0 bridgehead atoms. The van der Waals surface area contributed by atoms with E-state index >= 15 is 0 Å². The van der Waals surface area contributed by atoms with Crippen molar-refractivity contribution < 1.29 is 14.1 Å². The third kappa shape index (κ3) is 3.47. The van der Waals surface area contributed by atoms with Gasteiger partial charge >= 0.3 is 0 Å². The number of morpholine rings is 1. The number of likely N-dealkylation sites (tertiary alicyclic amines) is 1. The minimum atomic E-state index is -0.362. The van der Waals surface area contributed by atoms with Gasteiger partial charge in [-0.2, -0.15) is 4.98 Å². The second-order valence-electron chi connectivity index (χ2n) is 6.33. The highest BCUT2D eigenvalue weighted by atomic mass is 16.5. The lowest BCUT2D eigenvalue weighted by Gasteiger charge is -2.33. The van der Waals surface area contributed by atoms with Crippen LogP contribution in [0.1, 0.15) is 44.3 Å². The Labute approximate surface area is 130 Å². The van der Waals surface area contributed by atoms with Crippen molar-refractivity contribution in [3.05, 3.63) is 11.7 Å². The number of nitrogens with zero attached hydrogens (tertiary/aromatic N) is 4. The minimum Gasteiger partial charge on any atom is -0.366 e. The molecule has 7 heteroatoms. The monoisotopic (exact) mass is 308 g/mol. The average Bonchev–Trinajstić information content (AvgIpc) is 3.18. The molecule has 3 heterocycles. The molecule has 2 aliphatic rings. The SMILES string of the molecule is CC(C)c1noc(CN2CCOC(C(=O)N3CCCC3)C2)n1. The normalized spacial score (nSPS) is 23.4. The van der Waals surface area contributed by atoms with E-state index in [9.17, 15) is 4.79 Å². The Balaban J connectivity index is 1.56. The van der Waals surface area contributed by atoms with E-state index in [2.05, 4.69) is 15.0 Å². The van der Waals surface area contributed by atoms with Crippen molar-refractivity contribution in [2.45, 2.75) is 45.3 Å². The van der Waals surface area contributed by atoms with Crippen molar-refractivity contribution in [1.82, 2.24) is 19.9 Å². The van der Waals surface area contributed by atoms with E-state index in [4.69, 9.17) is 9.26 Å². The summed E-state index contributed by atoms with van der Waals surface area (Å²) in [5, 5.41) is 3.98. The quantitative estimate of drug-likeness (QED) is 0.827. The summed E-state index contributed by atoms with van der Waals surface area (Å²) in [7, 11) is 0. The number of rotatable bonds is 4. The van der Waals surface area contributed by atoms with E-state index in [1.807, 2.05) is 18.7 Å². The van der Waals surface area contributed by atoms with Crippen molar-refractivity contribution in [2.24, 2.45) is 0 Å². The van der Waals surface area contributed by atoms with Crippen LogP contribution in [0.2, 0.25) is 0 Å². The van der Waals surface area contributed by atoms with Gasteiger partial charge in [-0.3, -0.25) is 9.69 Å². The molecule has 1 atom stereocenters. The Morgan fingerprint density at radius 1 is 1.32 bits per heavy atom. The number of ether oxygens (including phenoxy) is 1. The number of carbonyl (C=O) groups is 1. The maximum absolute atomic E-state index is 12.4. The van der Waals surface area contributed by atoms with Gasteiger partial charge in [0.1, 0.15) is 6.10 Å². The lowest BCUT2D eigenvalue weighted by molar-refractivity contribution is -0.148. The smallest absolute Gasteiger partial charge is 0.253 e. The molecule has 0 radical (unpaired) electrons. The van der Waals surface area contributed by atoms with Gasteiger partial charge in [0.05, 0.1) is 13.2 Å². The Morgan fingerprint density at radius 3 is 2.77 bits per heavy atom. The van der Waals surface area contributed by atoms with Crippen molar-refractivity contribution in [3.63, 3.8) is 0 Å². The van der Waals surface area contributed by atoms with Crippen molar-refractivity contribution >= 4 is 5.91 Å². The standard InChI is InChI=1S/C15H24N4O3/c1-11(2)14-16-13(22-17-14)10-18-7-8-21-12(9-18)15(20)19-5-3-4-6-19/h11-12H,3-10H2,1-2H3. The fraction of sp³-hybridized carbons (Fsp3) is 0.800. The Morgan fingerprint density at radius 2 is 2.09 bits per heavy atom. The van der Waals surface area contributed by atoms with Crippen LogP contribution in [0.25, 0.3) is 0 Å². The summed E-state index contributed by atoms with van der Waals surface area (Å²) in [4.78, 5) is 20.9. The fourth-order valence-corrected chi connectivity index (χ4v) is 2.89. The highest BCUT2D eigenvalue weighted by molar-refractivity contribution is 5.81. The zero-order valence-electron chi connectivity index (χ0n) is 13.3. The summed E-state index contributed by atoms with van der Waals surface area (Å²) in [6.45, 7) is 8.31. The molecule has 0 N–H and O–H groups in total. The molecule has 2 fully saturated rings. The molecule has 2 saturated heterocycles. The van der Waals surface area contributed by atoms with Gasteiger partial charge in [-0.25, -0.2) is 0 Å². The van der Waals surface area contributed by atoms with Crippen LogP contribution < -0.4 is 0 Å². The average molecular weight is 308 g/mol. The van der Waals surface area contributed by atoms with Gasteiger partial charge in [-0.05, 0) is 12.8 Å². The fourth-order valence-electron chi connectivity index (χ4n) is 2.89. The molecule has 2 aliphatic heterocycles. The van der Waals surface area contributed by atoms with Gasteiger partial charge in [-0.15, -0.1) is 0 Å². The van der Waals surface area contributed by atoms with E-state index in [0.29, 0.717) is 25.6 Å². The first-order valence-electron chi connectivity index (χ1n) is 8.08. The Hall–Kier alpha value is -1.47. The molecule has 1 amide bonds. The van der Waals surface area contributed by atoms with Crippen LogP contribution in [0, 0.1) is 0 Å². The number of aromatic nitrogens is 2. The van der Waals surface area contributed by atoms with Gasteiger partial charge in [0.2, 0.25) is 5.89 Å². The number of hydrogen-bond acceptors (Lipinski definition) is 6. The highest BCUT2D eigenvalue weighted by Gasteiger charge is 2.32. The highest BCUT2D eigenvalue weighted by Crippen LogP contribution is 2.16. The topological polar surface area (TPSA) is 71.7 Å². The molecule has 3 rings (SSSR count). The van der Waals surface area contributed by atoms with Gasteiger partial charge in [-0.1, -0.05) is 19.0 Å². The van der Waals surface area contributed by atoms with Gasteiger partial charge in [0.15, 0.2) is 5.82 Å². The van der Waals surface area contributed by atoms with Crippen LogP contribution in [-0.4, -0.2) is 64.7 Å². The van der Waals surface area contributed by atoms with Crippen LogP contribution in [-0.2, 0) is 16.1 Å². The van der Waals surface area contributed by atoms with Crippen LogP contribution in [0.3, 0.4) is 0 Å². The van der Waals surface area contributed by atoms with Crippen molar-refractivity contribution in [1.29, 1.82) is 0 Å². The molecular formula is C15H24N4O3. The lowest BCUT2D eigenvalue weighted by atomic mass is 10.2. The Bertz CT molecular complexity index is 511. The third-order valence-corrected chi connectivity index (χ3v) is 4.20. The van der Waals surface area contributed by atoms with E-state index < -0.39 is 0 Å². The third-order valence-electron chi connectivity index (χ3n) is 4.20. The largest absolute Gasteiger partial charge is 0.366 e. The molecular weight excluding hydrogens is 284 g/mol. The van der Waals surface area contributed by atoms with Crippen LogP contribution in [0.15, 0.2) is 4.52 Å². The first-order valence-corrected chi connectivity index (χ1v) is 8.08. The first-order chi connectivity index (χ1) is 10.6. The summed E-state index contributed by atoms with van der Waals surface area (Å²) in [6.07, 6.45) is 1.84. The van der Waals surface area contributed by atoms with E-state index in [1.54, 1.807) is 0 Å². The van der Waals surface area contributed by atoms with Crippen LogP contribution in [0.4, 0.5) is 0 Å². The maximum Gasteiger partial charge on any atom is 0.253 e. The second-order valence-corrected chi connectivity index (χ2v) is 6.33. The molecule has 0 aliphatic carbocycles. The molecule has 0 spiro atoms. The van der Waals surface area contributed by atoms with Crippen molar-refractivity contribution in [3.8, 4) is 0 Å². The molecule has 7 nitrogen and oxygen atoms in total. The molecule has 22 heavy (non-hydrogen) atoms. The lowest BCUT2D eigenvalue weighted by Crippen LogP contribution is -2.50. The molecule has 1 aromatic heterocycles. The molecule has 0 aromatic carbocycles. The molecule has 1 aromatic rings. The summed E-state index contributed by atoms with van der Waals surface area (Å²) in [5.41, 5.74) is 0. The van der Waals surface area contributed by atoms with Gasteiger partial charge in [0.25, 0.3) is 5.91 Å². The minimum absolute atomic E-state index is 0.121. The number of amides is 1. The summed E-state index contributed by atoms with van der Waals surface area (Å²) < 4.78 is 10.9. The molecule has 0 saturated carbocycles. The van der Waals surface area contributed by atoms with Crippen LogP contribution >= 0.6 is 0 Å².